The maximum absolute atomic E-state index is 11.5. The summed E-state index contributed by atoms with van der Waals surface area (Å²) in [6, 6.07) is 1.76. The average Bonchev–Trinajstić information content (AvgIpc) is 2.39. The molecule has 1 amide bonds. The van der Waals surface area contributed by atoms with E-state index in [0.717, 1.165) is 24.8 Å². The summed E-state index contributed by atoms with van der Waals surface area (Å²) in [4.78, 5) is 15.7. The Balaban J connectivity index is 2.22. The quantitative estimate of drug-likeness (QED) is 0.858. The molecule has 0 saturated heterocycles. The first-order chi connectivity index (χ1) is 9.13. The van der Waals surface area contributed by atoms with E-state index >= 15 is 0 Å². The third-order valence-electron chi connectivity index (χ3n) is 3.78. The Morgan fingerprint density at radius 1 is 1.47 bits per heavy atom. The van der Waals surface area contributed by atoms with Crippen LogP contribution in [0.3, 0.4) is 0 Å². The highest BCUT2D eigenvalue weighted by Gasteiger charge is 2.27. The number of nitrogens with two attached hydrogens (primary N) is 2. The molecule has 4 N–H and O–H groups in total. The van der Waals surface area contributed by atoms with Gasteiger partial charge in [-0.3, -0.25) is 4.79 Å². The summed E-state index contributed by atoms with van der Waals surface area (Å²) in [5.41, 5.74) is 12.4. The monoisotopic (exact) mass is 263 g/mol. The molecule has 1 heterocycles. The number of carbonyl (C=O) groups excluding carboxylic acids is 1. The zero-order chi connectivity index (χ0) is 13.8. The highest BCUT2D eigenvalue weighted by molar-refractivity contribution is 5.96. The lowest BCUT2D eigenvalue weighted by Crippen LogP contribution is -2.36. The Morgan fingerprint density at radius 2 is 2.21 bits per heavy atom. The zero-order valence-electron chi connectivity index (χ0n) is 11.3. The van der Waals surface area contributed by atoms with E-state index in [9.17, 15) is 4.79 Å². The van der Waals surface area contributed by atoms with Crippen LogP contribution in [0.1, 0.15) is 41.6 Å². The average molecular weight is 263 g/mol. The fourth-order valence-electron chi connectivity index (χ4n) is 2.66. The van der Waals surface area contributed by atoms with Gasteiger partial charge in [-0.1, -0.05) is 6.42 Å². The molecular formula is C14H21N3O2. The number of hydrogen-bond donors (Lipinski definition) is 2. The topological polar surface area (TPSA) is 91.2 Å². The van der Waals surface area contributed by atoms with Crippen LogP contribution in [-0.4, -0.2) is 23.5 Å². The smallest absolute Gasteiger partial charge is 0.254 e. The first-order valence-corrected chi connectivity index (χ1v) is 6.75. The van der Waals surface area contributed by atoms with Crippen molar-refractivity contribution < 1.29 is 9.53 Å². The lowest BCUT2D eigenvalue weighted by atomic mass is 9.86. The van der Waals surface area contributed by atoms with Crippen LogP contribution in [0, 0.1) is 12.8 Å². The molecule has 5 heteroatoms. The van der Waals surface area contributed by atoms with E-state index < -0.39 is 5.91 Å². The molecule has 5 nitrogen and oxygen atoms in total. The van der Waals surface area contributed by atoms with Crippen molar-refractivity contribution in [1.82, 2.24) is 4.98 Å². The summed E-state index contributed by atoms with van der Waals surface area (Å²) in [5.74, 6) is 0.176. The van der Waals surface area contributed by atoms with Gasteiger partial charge in [-0.05, 0) is 44.4 Å². The normalized spacial score (nSPS) is 23.1. The van der Waals surface area contributed by atoms with Crippen LogP contribution in [0.5, 0.6) is 5.88 Å². The molecule has 0 spiro atoms. The van der Waals surface area contributed by atoms with Crippen molar-refractivity contribution in [2.75, 3.05) is 6.54 Å². The number of rotatable bonds is 4. The van der Waals surface area contributed by atoms with E-state index in [4.69, 9.17) is 16.2 Å². The lowest BCUT2D eigenvalue weighted by molar-refractivity contribution is 0.0871. The predicted molar refractivity (Wildman–Crippen MR) is 72.9 cm³/mol. The minimum Gasteiger partial charge on any atom is -0.473 e. The summed E-state index contributed by atoms with van der Waals surface area (Å²) in [5, 5.41) is 0. The van der Waals surface area contributed by atoms with Gasteiger partial charge in [0.05, 0.1) is 0 Å². The van der Waals surface area contributed by atoms with Gasteiger partial charge in [0, 0.05) is 12.1 Å². The third-order valence-corrected chi connectivity index (χ3v) is 3.78. The molecule has 2 unspecified atom stereocenters. The summed E-state index contributed by atoms with van der Waals surface area (Å²) >= 11 is 0. The van der Waals surface area contributed by atoms with Crippen LogP contribution >= 0.6 is 0 Å². The van der Waals surface area contributed by atoms with Crippen LogP contribution in [0.2, 0.25) is 0 Å². The lowest BCUT2D eigenvalue weighted by Gasteiger charge is -2.31. The van der Waals surface area contributed by atoms with Gasteiger partial charge < -0.3 is 16.2 Å². The minimum absolute atomic E-state index is 0.0335. The van der Waals surface area contributed by atoms with E-state index in [1.54, 1.807) is 12.3 Å². The van der Waals surface area contributed by atoms with Crippen molar-refractivity contribution in [3.05, 3.63) is 23.4 Å². The number of nitrogens with zero attached hydrogens (tertiary/aromatic N) is 1. The number of amides is 1. The van der Waals surface area contributed by atoms with E-state index in [1.165, 1.54) is 6.42 Å². The maximum atomic E-state index is 11.5. The zero-order valence-corrected chi connectivity index (χ0v) is 11.3. The number of primary amides is 1. The molecule has 1 saturated carbocycles. The van der Waals surface area contributed by atoms with Crippen molar-refractivity contribution in [2.24, 2.45) is 17.4 Å². The second kappa shape index (κ2) is 6.02. The second-order valence-corrected chi connectivity index (χ2v) is 5.11. The summed E-state index contributed by atoms with van der Waals surface area (Å²) in [7, 11) is 0. The minimum atomic E-state index is -0.499. The molecule has 1 aromatic heterocycles. The molecule has 104 valence electrons. The molecule has 19 heavy (non-hydrogen) atoms. The Hall–Kier alpha value is -1.62. The van der Waals surface area contributed by atoms with Gasteiger partial charge in [0.15, 0.2) is 0 Å². The molecule has 2 atom stereocenters. The standard InChI is InChI=1S/C14H21N3O2/c1-9-6-7-17-14(12(9)13(16)18)19-11-5-3-2-4-10(11)8-15/h6-7,10-11H,2-5,8,15H2,1H3,(H2,16,18). The summed E-state index contributed by atoms with van der Waals surface area (Å²) < 4.78 is 5.94. The Labute approximate surface area is 113 Å². The van der Waals surface area contributed by atoms with Gasteiger partial charge in [0.1, 0.15) is 11.7 Å². The van der Waals surface area contributed by atoms with Crippen molar-refractivity contribution in [3.63, 3.8) is 0 Å². The van der Waals surface area contributed by atoms with Gasteiger partial charge in [0.2, 0.25) is 5.88 Å². The fraction of sp³-hybridized carbons (Fsp3) is 0.571. The van der Waals surface area contributed by atoms with E-state index in [2.05, 4.69) is 4.98 Å². The van der Waals surface area contributed by atoms with E-state index in [1.807, 2.05) is 6.92 Å². The van der Waals surface area contributed by atoms with Crippen molar-refractivity contribution in [2.45, 2.75) is 38.7 Å². The van der Waals surface area contributed by atoms with Crippen LogP contribution in [0.25, 0.3) is 0 Å². The molecular weight excluding hydrogens is 242 g/mol. The van der Waals surface area contributed by atoms with Crippen LogP contribution in [0.15, 0.2) is 12.3 Å². The van der Waals surface area contributed by atoms with Crippen molar-refractivity contribution in [3.8, 4) is 5.88 Å². The van der Waals surface area contributed by atoms with Crippen molar-refractivity contribution in [1.29, 1.82) is 0 Å². The Bertz CT molecular complexity index is 462. The van der Waals surface area contributed by atoms with Gasteiger partial charge in [-0.15, -0.1) is 0 Å². The summed E-state index contributed by atoms with van der Waals surface area (Å²) in [6.07, 6.45) is 6.00. The molecule has 2 rings (SSSR count). The van der Waals surface area contributed by atoms with E-state index in [-0.39, 0.29) is 6.10 Å². The Morgan fingerprint density at radius 3 is 2.89 bits per heavy atom. The number of aryl methyl sites for hydroxylation is 1. The van der Waals surface area contributed by atoms with Crippen molar-refractivity contribution >= 4 is 5.91 Å². The van der Waals surface area contributed by atoms with Gasteiger partial charge >= 0.3 is 0 Å². The number of ether oxygens (including phenoxy) is 1. The number of carbonyl (C=O) groups is 1. The first kappa shape index (κ1) is 13.8. The van der Waals surface area contributed by atoms with Crippen LogP contribution < -0.4 is 16.2 Å². The van der Waals surface area contributed by atoms with Crippen LogP contribution in [-0.2, 0) is 0 Å². The molecule has 0 bridgehead atoms. The first-order valence-electron chi connectivity index (χ1n) is 6.75. The SMILES string of the molecule is Cc1ccnc(OC2CCCCC2CN)c1C(N)=O. The third kappa shape index (κ3) is 3.04. The highest BCUT2D eigenvalue weighted by Crippen LogP contribution is 2.29. The molecule has 0 aromatic carbocycles. The van der Waals surface area contributed by atoms with E-state index in [0.29, 0.717) is 23.9 Å². The number of pyridine rings is 1. The predicted octanol–water partition coefficient (Wildman–Crippen LogP) is 1.39. The molecule has 1 aliphatic rings. The summed E-state index contributed by atoms with van der Waals surface area (Å²) in [6.45, 7) is 2.43. The van der Waals surface area contributed by atoms with Gasteiger partial charge in [-0.2, -0.15) is 0 Å². The molecule has 0 aliphatic heterocycles. The molecule has 1 fully saturated rings. The molecule has 1 aliphatic carbocycles. The van der Waals surface area contributed by atoms with Gasteiger partial charge in [-0.25, -0.2) is 4.98 Å². The van der Waals surface area contributed by atoms with Gasteiger partial charge in [0.25, 0.3) is 5.91 Å². The fourth-order valence-corrected chi connectivity index (χ4v) is 2.66. The van der Waals surface area contributed by atoms with Crippen LogP contribution in [0.4, 0.5) is 0 Å². The highest BCUT2D eigenvalue weighted by atomic mass is 16.5. The number of hydrogen-bond acceptors (Lipinski definition) is 4. The largest absolute Gasteiger partial charge is 0.473 e. The second-order valence-electron chi connectivity index (χ2n) is 5.11. The maximum Gasteiger partial charge on any atom is 0.254 e. The number of aromatic nitrogens is 1. The molecule has 0 radical (unpaired) electrons. The molecule has 1 aromatic rings. The Kier molecular flexibility index (Phi) is 4.37.